The zero-order valence-corrected chi connectivity index (χ0v) is 15.1. The lowest BCUT2D eigenvalue weighted by Crippen LogP contribution is -2.05. The van der Waals surface area contributed by atoms with E-state index in [-0.39, 0.29) is 12.1 Å². The van der Waals surface area contributed by atoms with Gasteiger partial charge in [-0.15, -0.1) is 0 Å². The Morgan fingerprint density at radius 3 is 1.70 bits per heavy atom. The summed E-state index contributed by atoms with van der Waals surface area (Å²) in [5.41, 5.74) is -0.271. The number of aliphatic carboxylic acids is 1. The van der Waals surface area contributed by atoms with Crippen LogP contribution in [0.15, 0.2) is 60.8 Å². The van der Waals surface area contributed by atoms with Crippen molar-refractivity contribution in [3.05, 3.63) is 77.5 Å². The summed E-state index contributed by atoms with van der Waals surface area (Å²) in [5.74, 6) is -1.13. The fraction of sp³-hybridized carbons (Fsp3) is 0.143. The summed E-state index contributed by atoms with van der Waals surface area (Å²) in [6.07, 6.45) is -8.14. The SMILES string of the molecule is O=C(O)Cc1cnc(-c2ccc(C(F)(F)F)cc2)c(-c2ccc(C(F)(F)F)cc2)c1. The molecule has 3 aromatic rings. The van der Waals surface area contributed by atoms with E-state index in [0.29, 0.717) is 22.3 Å². The minimum absolute atomic E-state index is 0.220. The lowest BCUT2D eigenvalue weighted by atomic mass is 9.96. The van der Waals surface area contributed by atoms with E-state index >= 15 is 0 Å². The number of pyridine rings is 1. The van der Waals surface area contributed by atoms with Crippen molar-refractivity contribution in [2.24, 2.45) is 0 Å². The fourth-order valence-electron chi connectivity index (χ4n) is 2.89. The third kappa shape index (κ3) is 4.79. The number of carbonyl (C=O) groups is 1. The molecule has 3 rings (SSSR count). The molecule has 0 fully saturated rings. The number of hydrogen-bond donors (Lipinski definition) is 1. The summed E-state index contributed by atoms with van der Waals surface area (Å²) in [4.78, 5) is 15.2. The number of nitrogens with zero attached hydrogens (tertiary/aromatic N) is 1. The zero-order valence-electron chi connectivity index (χ0n) is 15.1. The molecule has 0 spiro atoms. The Balaban J connectivity index is 2.10. The molecule has 1 N–H and O–H groups in total. The predicted molar refractivity (Wildman–Crippen MR) is 96.5 cm³/mol. The molecule has 0 amide bonds. The predicted octanol–water partition coefficient (Wildman–Crippen LogP) is 6.08. The molecule has 30 heavy (non-hydrogen) atoms. The summed E-state index contributed by atoms with van der Waals surface area (Å²) in [7, 11) is 0. The minimum Gasteiger partial charge on any atom is -0.481 e. The molecule has 0 bridgehead atoms. The maximum atomic E-state index is 12.8. The molecule has 2 aromatic carbocycles. The highest BCUT2D eigenvalue weighted by atomic mass is 19.4. The topological polar surface area (TPSA) is 50.2 Å². The van der Waals surface area contributed by atoms with E-state index in [0.717, 1.165) is 24.3 Å². The third-order valence-electron chi connectivity index (χ3n) is 4.31. The van der Waals surface area contributed by atoms with Crippen molar-refractivity contribution >= 4 is 5.97 Å². The van der Waals surface area contributed by atoms with E-state index in [1.54, 1.807) is 0 Å². The average molecular weight is 425 g/mol. The van der Waals surface area contributed by atoms with Gasteiger partial charge in [-0.05, 0) is 41.5 Å². The molecule has 156 valence electrons. The monoisotopic (exact) mass is 425 g/mol. The van der Waals surface area contributed by atoms with Crippen molar-refractivity contribution in [2.75, 3.05) is 0 Å². The maximum absolute atomic E-state index is 12.8. The van der Waals surface area contributed by atoms with Crippen molar-refractivity contribution in [1.29, 1.82) is 0 Å². The standard InChI is InChI=1S/C21H13F6NO2/c22-20(23,24)15-5-1-13(2-6-15)17-9-12(10-18(29)30)11-28-19(17)14-3-7-16(8-4-14)21(25,26)27/h1-9,11H,10H2,(H,29,30). The molecule has 0 aliphatic carbocycles. The van der Waals surface area contributed by atoms with Gasteiger partial charge >= 0.3 is 18.3 Å². The summed E-state index contributed by atoms with van der Waals surface area (Å²) < 4.78 is 77.0. The van der Waals surface area contributed by atoms with Gasteiger partial charge in [-0.25, -0.2) is 0 Å². The van der Waals surface area contributed by atoms with Crippen LogP contribution in [0.4, 0.5) is 26.3 Å². The van der Waals surface area contributed by atoms with Gasteiger partial charge < -0.3 is 5.11 Å². The van der Waals surface area contributed by atoms with Gasteiger partial charge in [-0.1, -0.05) is 24.3 Å². The van der Waals surface area contributed by atoms with Crippen LogP contribution in [0.5, 0.6) is 0 Å². The van der Waals surface area contributed by atoms with Crippen LogP contribution < -0.4 is 0 Å². The Morgan fingerprint density at radius 1 is 0.800 bits per heavy atom. The van der Waals surface area contributed by atoms with Crippen LogP contribution in [0, 0.1) is 0 Å². The second-order valence-electron chi connectivity index (χ2n) is 6.46. The Kier molecular flexibility index (Phi) is 5.56. The minimum atomic E-state index is -4.53. The molecule has 0 atom stereocenters. The summed E-state index contributed by atoms with van der Waals surface area (Å²) >= 11 is 0. The van der Waals surface area contributed by atoms with Crippen molar-refractivity contribution in [2.45, 2.75) is 18.8 Å². The summed E-state index contributed by atoms with van der Waals surface area (Å²) in [5, 5.41) is 8.99. The molecule has 3 nitrogen and oxygen atoms in total. The maximum Gasteiger partial charge on any atom is 0.416 e. The number of rotatable bonds is 4. The normalized spacial score (nSPS) is 12.1. The van der Waals surface area contributed by atoms with E-state index in [9.17, 15) is 31.1 Å². The van der Waals surface area contributed by atoms with E-state index in [1.165, 1.54) is 36.5 Å². The highest BCUT2D eigenvalue weighted by Gasteiger charge is 2.31. The van der Waals surface area contributed by atoms with Gasteiger partial charge in [0.25, 0.3) is 0 Å². The number of halogens is 6. The Labute approximate surface area is 166 Å². The van der Waals surface area contributed by atoms with Gasteiger partial charge in [-0.2, -0.15) is 26.3 Å². The second-order valence-corrected chi connectivity index (χ2v) is 6.46. The number of aromatic nitrogens is 1. The Bertz CT molecular complexity index is 1050. The molecule has 0 radical (unpaired) electrons. The number of hydrogen-bond acceptors (Lipinski definition) is 2. The lowest BCUT2D eigenvalue weighted by molar-refractivity contribution is -0.138. The molecule has 0 aliphatic heterocycles. The van der Waals surface area contributed by atoms with Crippen LogP contribution in [-0.2, 0) is 23.6 Å². The highest BCUT2D eigenvalue weighted by Crippen LogP contribution is 2.36. The second kappa shape index (κ2) is 7.81. The van der Waals surface area contributed by atoms with Crippen molar-refractivity contribution in [3.63, 3.8) is 0 Å². The van der Waals surface area contributed by atoms with Crippen molar-refractivity contribution < 1.29 is 36.2 Å². The van der Waals surface area contributed by atoms with Gasteiger partial charge in [0.1, 0.15) is 0 Å². The van der Waals surface area contributed by atoms with Gasteiger partial charge in [-0.3, -0.25) is 9.78 Å². The molecule has 9 heteroatoms. The van der Waals surface area contributed by atoms with Crippen LogP contribution in [0.3, 0.4) is 0 Å². The quantitative estimate of drug-likeness (QED) is 0.516. The van der Waals surface area contributed by atoms with E-state index in [4.69, 9.17) is 5.11 Å². The Morgan fingerprint density at radius 2 is 1.27 bits per heavy atom. The van der Waals surface area contributed by atoms with Crippen LogP contribution in [0.1, 0.15) is 16.7 Å². The first-order valence-corrected chi connectivity index (χ1v) is 8.51. The molecule has 0 aliphatic rings. The summed E-state index contributed by atoms with van der Waals surface area (Å²) in [6, 6.07) is 9.76. The average Bonchev–Trinajstić information content (AvgIpc) is 2.66. The molecule has 0 saturated heterocycles. The Hall–Kier alpha value is -3.36. The molecule has 1 heterocycles. The molecular formula is C21H13F6NO2. The molecular weight excluding hydrogens is 412 g/mol. The smallest absolute Gasteiger partial charge is 0.416 e. The number of alkyl halides is 6. The third-order valence-corrected chi connectivity index (χ3v) is 4.31. The highest BCUT2D eigenvalue weighted by molar-refractivity contribution is 5.82. The lowest BCUT2D eigenvalue weighted by Gasteiger charge is -2.13. The molecule has 0 unspecified atom stereocenters. The van der Waals surface area contributed by atoms with Crippen molar-refractivity contribution in [1.82, 2.24) is 4.98 Å². The van der Waals surface area contributed by atoms with Gasteiger partial charge in [0.05, 0.1) is 23.2 Å². The van der Waals surface area contributed by atoms with E-state index in [2.05, 4.69) is 4.98 Å². The van der Waals surface area contributed by atoms with Gasteiger partial charge in [0.15, 0.2) is 0 Å². The number of carboxylic acid groups (broad SMARTS) is 1. The molecule has 1 aromatic heterocycles. The first-order valence-electron chi connectivity index (χ1n) is 8.51. The van der Waals surface area contributed by atoms with E-state index in [1.807, 2.05) is 0 Å². The number of carboxylic acids is 1. The zero-order chi connectivity index (χ0) is 22.1. The van der Waals surface area contributed by atoms with Gasteiger partial charge in [0, 0.05) is 17.3 Å². The van der Waals surface area contributed by atoms with Crippen LogP contribution in [0.25, 0.3) is 22.4 Å². The molecule has 0 saturated carbocycles. The fourth-order valence-corrected chi connectivity index (χ4v) is 2.89. The van der Waals surface area contributed by atoms with Crippen LogP contribution in [-0.4, -0.2) is 16.1 Å². The van der Waals surface area contributed by atoms with Crippen molar-refractivity contribution in [3.8, 4) is 22.4 Å². The van der Waals surface area contributed by atoms with Gasteiger partial charge in [0.2, 0.25) is 0 Å². The first kappa shape index (κ1) is 21.4. The first-order chi connectivity index (χ1) is 13.9. The van der Waals surface area contributed by atoms with E-state index < -0.39 is 29.4 Å². The van der Waals surface area contributed by atoms with Crippen LogP contribution in [0.2, 0.25) is 0 Å². The largest absolute Gasteiger partial charge is 0.481 e. The summed E-state index contributed by atoms with van der Waals surface area (Å²) in [6.45, 7) is 0. The number of benzene rings is 2. The van der Waals surface area contributed by atoms with Crippen LogP contribution >= 0.6 is 0 Å².